The number of carbonyl (C=O) groups is 2. The minimum Gasteiger partial charge on any atom is -0.444 e. The standard InChI is InChI=1S/C11H22N2O3/c1-5-9(14)12-7-6-8-13-10(15)16-11(2,3)4/h5-8H2,1-4H3,(H,12,14)(H,13,15). The molecule has 0 aliphatic carbocycles. The molecule has 0 saturated heterocycles. The van der Waals surface area contributed by atoms with Crippen molar-refractivity contribution in [3.8, 4) is 0 Å². The number of carbonyl (C=O) groups excluding carboxylic acids is 2. The van der Waals surface area contributed by atoms with Crippen LogP contribution in [-0.4, -0.2) is 30.7 Å². The van der Waals surface area contributed by atoms with Gasteiger partial charge in [0.15, 0.2) is 0 Å². The number of amides is 2. The fourth-order valence-corrected chi connectivity index (χ4v) is 0.946. The fraction of sp³-hybridized carbons (Fsp3) is 0.818. The Hall–Kier alpha value is -1.26. The number of rotatable bonds is 5. The van der Waals surface area contributed by atoms with E-state index in [4.69, 9.17) is 4.74 Å². The predicted octanol–water partition coefficient (Wildman–Crippen LogP) is 1.43. The topological polar surface area (TPSA) is 67.4 Å². The van der Waals surface area contributed by atoms with Gasteiger partial charge < -0.3 is 15.4 Å². The monoisotopic (exact) mass is 230 g/mol. The van der Waals surface area contributed by atoms with Crippen molar-refractivity contribution < 1.29 is 14.3 Å². The predicted molar refractivity (Wildman–Crippen MR) is 62.2 cm³/mol. The number of hydrogen-bond acceptors (Lipinski definition) is 3. The number of ether oxygens (including phenoxy) is 1. The summed E-state index contributed by atoms with van der Waals surface area (Å²) < 4.78 is 5.05. The van der Waals surface area contributed by atoms with E-state index in [1.54, 1.807) is 6.92 Å². The third-order valence-corrected chi connectivity index (χ3v) is 1.67. The summed E-state index contributed by atoms with van der Waals surface area (Å²) in [5.74, 6) is 0.0252. The van der Waals surface area contributed by atoms with Crippen molar-refractivity contribution in [2.45, 2.75) is 46.1 Å². The van der Waals surface area contributed by atoms with Gasteiger partial charge in [-0.05, 0) is 27.2 Å². The van der Waals surface area contributed by atoms with Gasteiger partial charge in [-0.3, -0.25) is 4.79 Å². The Morgan fingerprint density at radius 2 is 1.69 bits per heavy atom. The van der Waals surface area contributed by atoms with E-state index in [1.165, 1.54) is 0 Å². The van der Waals surface area contributed by atoms with Crippen LogP contribution in [0.4, 0.5) is 4.79 Å². The number of hydrogen-bond donors (Lipinski definition) is 2. The van der Waals surface area contributed by atoms with Gasteiger partial charge in [0.25, 0.3) is 0 Å². The molecule has 0 aromatic rings. The Morgan fingerprint density at radius 3 is 2.19 bits per heavy atom. The molecule has 2 N–H and O–H groups in total. The van der Waals surface area contributed by atoms with Crippen LogP contribution in [0.2, 0.25) is 0 Å². The first-order chi connectivity index (χ1) is 7.35. The van der Waals surface area contributed by atoms with E-state index >= 15 is 0 Å². The molecule has 0 spiro atoms. The lowest BCUT2D eigenvalue weighted by molar-refractivity contribution is -0.120. The summed E-state index contributed by atoms with van der Waals surface area (Å²) >= 11 is 0. The minimum absolute atomic E-state index is 0.0252. The zero-order valence-corrected chi connectivity index (χ0v) is 10.6. The second-order valence-corrected chi connectivity index (χ2v) is 4.49. The molecule has 0 fully saturated rings. The molecule has 0 saturated carbocycles. The Labute approximate surface area is 96.9 Å². The lowest BCUT2D eigenvalue weighted by Crippen LogP contribution is -2.34. The van der Waals surface area contributed by atoms with Gasteiger partial charge in [0.2, 0.25) is 5.91 Å². The van der Waals surface area contributed by atoms with Crippen LogP contribution in [0.5, 0.6) is 0 Å². The van der Waals surface area contributed by atoms with Gasteiger partial charge >= 0.3 is 6.09 Å². The zero-order chi connectivity index (χ0) is 12.6. The molecule has 0 aromatic carbocycles. The normalized spacial score (nSPS) is 10.8. The first-order valence-corrected chi connectivity index (χ1v) is 5.58. The van der Waals surface area contributed by atoms with Crippen molar-refractivity contribution in [1.82, 2.24) is 10.6 Å². The maximum atomic E-state index is 11.2. The fourth-order valence-electron chi connectivity index (χ4n) is 0.946. The Kier molecular flexibility index (Phi) is 6.53. The summed E-state index contributed by atoms with van der Waals surface area (Å²) in [6.07, 6.45) is 0.763. The van der Waals surface area contributed by atoms with Gasteiger partial charge in [0.1, 0.15) is 5.60 Å². The average molecular weight is 230 g/mol. The highest BCUT2D eigenvalue weighted by Crippen LogP contribution is 2.06. The van der Waals surface area contributed by atoms with Crippen molar-refractivity contribution in [2.24, 2.45) is 0 Å². The first-order valence-electron chi connectivity index (χ1n) is 5.58. The molecule has 94 valence electrons. The van der Waals surface area contributed by atoms with Crippen LogP contribution in [0.3, 0.4) is 0 Å². The molecule has 0 bridgehead atoms. The van der Waals surface area contributed by atoms with Crippen LogP contribution in [-0.2, 0) is 9.53 Å². The van der Waals surface area contributed by atoms with E-state index in [0.29, 0.717) is 25.9 Å². The van der Waals surface area contributed by atoms with E-state index in [0.717, 1.165) is 0 Å². The number of nitrogens with one attached hydrogen (secondary N) is 2. The van der Waals surface area contributed by atoms with Crippen molar-refractivity contribution in [2.75, 3.05) is 13.1 Å². The molecule has 5 nitrogen and oxygen atoms in total. The summed E-state index contributed by atoms with van der Waals surface area (Å²) in [6.45, 7) is 8.31. The van der Waals surface area contributed by atoms with Gasteiger partial charge in [-0.1, -0.05) is 6.92 Å². The molecule has 0 aliphatic heterocycles. The molecular weight excluding hydrogens is 208 g/mol. The highest BCUT2D eigenvalue weighted by atomic mass is 16.6. The lowest BCUT2D eigenvalue weighted by Gasteiger charge is -2.19. The van der Waals surface area contributed by atoms with Gasteiger partial charge in [-0.2, -0.15) is 0 Å². The summed E-state index contributed by atoms with van der Waals surface area (Å²) in [6, 6.07) is 0. The van der Waals surface area contributed by atoms with E-state index in [2.05, 4.69) is 10.6 Å². The third kappa shape index (κ3) is 9.30. The van der Waals surface area contributed by atoms with Crippen LogP contribution < -0.4 is 10.6 Å². The second kappa shape index (κ2) is 7.09. The Morgan fingerprint density at radius 1 is 1.12 bits per heavy atom. The van der Waals surface area contributed by atoms with Crippen LogP contribution >= 0.6 is 0 Å². The molecular formula is C11H22N2O3. The molecule has 0 rings (SSSR count). The molecule has 2 amide bonds. The highest BCUT2D eigenvalue weighted by molar-refractivity contribution is 5.75. The maximum Gasteiger partial charge on any atom is 0.407 e. The van der Waals surface area contributed by atoms with E-state index in [1.807, 2.05) is 20.8 Å². The zero-order valence-electron chi connectivity index (χ0n) is 10.6. The number of alkyl carbamates (subject to hydrolysis) is 1. The van der Waals surface area contributed by atoms with Crippen LogP contribution in [0.15, 0.2) is 0 Å². The van der Waals surface area contributed by atoms with Gasteiger partial charge in [0, 0.05) is 19.5 Å². The summed E-state index contributed by atoms with van der Waals surface area (Å²) in [7, 11) is 0. The van der Waals surface area contributed by atoms with Crippen LogP contribution in [0.1, 0.15) is 40.5 Å². The Balaban J connectivity index is 3.45. The SMILES string of the molecule is CCC(=O)NCCCNC(=O)OC(C)(C)C. The second-order valence-electron chi connectivity index (χ2n) is 4.49. The van der Waals surface area contributed by atoms with E-state index in [9.17, 15) is 9.59 Å². The first kappa shape index (κ1) is 14.7. The Bertz CT molecular complexity index is 234. The molecule has 0 atom stereocenters. The molecule has 5 heteroatoms. The van der Waals surface area contributed by atoms with E-state index < -0.39 is 11.7 Å². The smallest absolute Gasteiger partial charge is 0.407 e. The molecule has 0 aromatic heterocycles. The quantitative estimate of drug-likeness (QED) is 0.702. The van der Waals surface area contributed by atoms with Crippen molar-refractivity contribution in [1.29, 1.82) is 0 Å². The molecule has 0 unspecified atom stereocenters. The largest absolute Gasteiger partial charge is 0.444 e. The summed E-state index contributed by atoms with van der Waals surface area (Å²) in [4.78, 5) is 22.1. The van der Waals surface area contributed by atoms with Gasteiger partial charge in [-0.15, -0.1) is 0 Å². The molecule has 16 heavy (non-hydrogen) atoms. The minimum atomic E-state index is -0.472. The van der Waals surface area contributed by atoms with Crippen LogP contribution in [0, 0.1) is 0 Å². The molecule has 0 radical (unpaired) electrons. The third-order valence-electron chi connectivity index (χ3n) is 1.67. The average Bonchev–Trinajstić information content (AvgIpc) is 2.14. The van der Waals surface area contributed by atoms with Gasteiger partial charge in [-0.25, -0.2) is 4.79 Å². The van der Waals surface area contributed by atoms with Crippen LogP contribution in [0.25, 0.3) is 0 Å². The molecule has 0 aliphatic rings. The van der Waals surface area contributed by atoms with E-state index in [-0.39, 0.29) is 5.91 Å². The van der Waals surface area contributed by atoms with Crippen molar-refractivity contribution in [3.63, 3.8) is 0 Å². The van der Waals surface area contributed by atoms with Crippen molar-refractivity contribution in [3.05, 3.63) is 0 Å². The lowest BCUT2D eigenvalue weighted by atomic mass is 10.2. The molecule has 0 heterocycles. The summed E-state index contributed by atoms with van der Waals surface area (Å²) in [5, 5.41) is 5.34. The van der Waals surface area contributed by atoms with Gasteiger partial charge in [0.05, 0.1) is 0 Å². The maximum absolute atomic E-state index is 11.2. The summed E-state index contributed by atoms with van der Waals surface area (Å²) in [5.41, 5.74) is -0.472. The van der Waals surface area contributed by atoms with Crippen molar-refractivity contribution >= 4 is 12.0 Å². The highest BCUT2D eigenvalue weighted by Gasteiger charge is 2.15.